The van der Waals surface area contributed by atoms with Crippen LogP contribution in [0.3, 0.4) is 0 Å². The number of anilines is 1. The van der Waals surface area contributed by atoms with Crippen LogP contribution in [0.15, 0.2) is 54.1 Å². The number of aryl methyl sites for hydroxylation is 1. The van der Waals surface area contributed by atoms with Gasteiger partial charge in [0.05, 0.1) is 0 Å². The first-order valence-electron chi connectivity index (χ1n) is 9.21. The Morgan fingerprint density at radius 1 is 1.07 bits per heavy atom. The zero-order valence-corrected chi connectivity index (χ0v) is 16.4. The van der Waals surface area contributed by atoms with E-state index in [1.807, 2.05) is 26.0 Å². The fourth-order valence-electron chi connectivity index (χ4n) is 2.45. The van der Waals surface area contributed by atoms with E-state index in [0.29, 0.717) is 23.2 Å². The van der Waals surface area contributed by atoms with Crippen molar-refractivity contribution in [1.29, 1.82) is 5.26 Å². The van der Waals surface area contributed by atoms with Gasteiger partial charge in [-0.25, -0.2) is 4.79 Å². The van der Waals surface area contributed by atoms with Crippen LogP contribution >= 0.6 is 0 Å². The molecule has 2 aromatic rings. The van der Waals surface area contributed by atoms with Crippen molar-refractivity contribution in [2.24, 2.45) is 0 Å². The Morgan fingerprint density at radius 3 is 2.31 bits per heavy atom. The molecule has 0 spiro atoms. The van der Waals surface area contributed by atoms with Gasteiger partial charge in [-0.2, -0.15) is 5.26 Å². The monoisotopic (exact) mass is 390 g/mol. The Kier molecular flexibility index (Phi) is 7.87. The van der Waals surface area contributed by atoms with Gasteiger partial charge in [-0.3, -0.25) is 9.59 Å². The molecule has 6 nitrogen and oxygen atoms in total. The van der Waals surface area contributed by atoms with Crippen LogP contribution in [-0.4, -0.2) is 24.3 Å². The van der Waals surface area contributed by atoms with Gasteiger partial charge in [0, 0.05) is 17.7 Å². The first kappa shape index (κ1) is 21.6. The summed E-state index contributed by atoms with van der Waals surface area (Å²) in [6.07, 6.45) is 2.59. The molecule has 0 aliphatic rings. The van der Waals surface area contributed by atoms with Crippen LogP contribution in [0.1, 0.15) is 41.3 Å². The Morgan fingerprint density at radius 2 is 1.72 bits per heavy atom. The number of carbonyl (C=O) groups excluding carboxylic acids is 3. The number of nitriles is 1. The summed E-state index contributed by atoms with van der Waals surface area (Å²) in [4.78, 5) is 35.9. The number of Topliss-reactive ketones (excluding diaryl/α,β-unsaturated/α-hetero) is 1. The molecule has 0 bridgehead atoms. The molecule has 0 unspecified atom stereocenters. The van der Waals surface area contributed by atoms with Crippen molar-refractivity contribution in [1.82, 2.24) is 0 Å². The van der Waals surface area contributed by atoms with E-state index in [-0.39, 0.29) is 11.5 Å². The maximum Gasteiger partial charge on any atom is 0.349 e. The lowest BCUT2D eigenvalue weighted by atomic mass is 10.1. The van der Waals surface area contributed by atoms with Crippen LogP contribution in [0.5, 0.6) is 0 Å². The minimum atomic E-state index is -0.857. The van der Waals surface area contributed by atoms with Crippen LogP contribution < -0.4 is 5.32 Å². The molecule has 1 amide bonds. The largest absolute Gasteiger partial charge is 0.453 e. The number of ketones is 1. The molecule has 0 aliphatic carbocycles. The van der Waals surface area contributed by atoms with E-state index >= 15 is 0 Å². The number of rotatable bonds is 8. The fourth-order valence-corrected chi connectivity index (χ4v) is 2.45. The quantitative estimate of drug-likeness (QED) is 0.317. The fraction of sp³-hybridized carbons (Fsp3) is 0.217. The van der Waals surface area contributed by atoms with Crippen molar-refractivity contribution < 1.29 is 19.1 Å². The molecule has 29 heavy (non-hydrogen) atoms. The van der Waals surface area contributed by atoms with Gasteiger partial charge < -0.3 is 10.1 Å². The van der Waals surface area contributed by atoms with Gasteiger partial charge in [0.1, 0.15) is 11.6 Å². The Balaban J connectivity index is 1.95. The molecule has 0 aromatic heterocycles. The second-order valence-electron chi connectivity index (χ2n) is 6.46. The molecule has 0 fully saturated rings. The molecule has 2 rings (SSSR count). The van der Waals surface area contributed by atoms with E-state index in [2.05, 4.69) is 5.32 Å². The molecule has 0 saturated heterocycles. The third kappa shape index (κ3) is 6.74. The highest BCUT2D eigenvalue weighted by atomic mass is 16.5. The molecule has 1 N–H and O–H groups in total. The van der Waals surface area contributed by atoms with Gasteiger partial charge in [0.15, 0.2) is 12.4 Å². The number of carbonyl (C=O) groups is 3. The zero-order valence-electron chi connectivity index (χ0n) is 16.4. The smallest absolute Gasteiger partial charge is 0.349 e. The molecule has 148 valence electrons. The summed E-state index contributed by atoms with van der Waals surface area (Å²) in [5.41, 5.74) is 2.49. The number of hydrogen-bond donors (Lipinski definition) is 1. The summed E-state index contributed by atoms with van der Waals surface area (Å²) in [7, 11) is 0. The minimum absolute atomic E-state index is 0.0927. The Labute approximate surface area is 169 Å². The molecular weight excluding hydrogens is 368 g/mol. The molecule has 2 aromatic carbocycles. The number of nitrogens with zero attached hydrogens (tertiary/aromatic N) is 1. The van der Waals surface area contributed by atoms with Crippen molar-refractivity contribution in [3.05, 3.63) is 70.8 Å². The normalized spacial score (nSPS) is 10.7. The van der Waals surface area contributed by atoms with Crippen molar-refractivity contribution in [2.45, 2.75) is 26.7 Å². The maximum absolute atomic E-state index is 12.2. The lowest BCUT2D eigenvalue weighted by Crippen LogP contribution is -2.15. The van der Waals surface area contributed by atoms with Crippen molar-refractivity contribution >= 4 is 29.4 Å². The van der Waals surface area contributed by atoms with Crippen LogP contribution in [-0.2, 0) is 14.3 Å². The van der Waals surface area contributed by atoms with E-state index in [0.717, 1.165) is 12.0 Å². The highest BCUT2D eigenvalue weighted by molar-refractivity contribution is 6.02. The first-order chi connectivity index (χ1) is 13.9. The molecule has 0 radical (unpaired) electrons. The minimum Gasteiger partial charge on any atom is -0.453 e. The van der Waals surface area contributed by atoms with E-state index in [4.69, 9.17) is 4.74 Å². The second-order valence-corrected chi connectivity index (χ2v) is 6.46. The summed E-state index contributed by atoms with van der Waals surface area (Å²) in [5, 5.41) is 11.9. The van der Waals surface area contributed by atoms with Gasteiger partial charge in [-0.15, -0.1) is 0 Å². The molecule has 0 atom stereocenters. The van der Waals surface area contributed by atoms with Crippen molar-refractivity contribution in [3.8, 4) is 6.07 Å². The highest BCUT2D eigenvalue weighted by Gasteiger charge is 2.14. The van der Waals surface area contributed by atoms with Gasteiger partial charge in [-0.05, 0) is 49.2 Å². The van der Waals surface area contributed by atoms with Crippen molar-refractivity contribution in [3.63, 3.8) is 0 Å². The van der Waals surface area contributed by atoms with E-state index < -0.39 is 18.4 Å². The number of benzene rings is 2. The van der Waals surface area contributed by atoms with Gasteiger partial charge >= 0.3 is 5.97 Å². The van der Waals surface area contributed by atoms with Crippen LogP contribution in [0.4, 0.5) is 5.69 Å². The lowest BCUT2D eigenvalue weighted by Gasteiger charge is -2.06. The average molecular weight is 390 g/mol. The molecule has 0 aliphatic heterocycles. The third-order valence-corrected chi connectivity index (χ3v) is 4.03. The zero-order chi connectivity index (χ0) is 21.2. The van der Waals surface area contributed by atoms with E-state index in [1.54, 1.807) is 42.5 Å². The van der Waals surface area contributed by atoms with Crippen LogP contribution in [0.25, 0.3) is 6.08 Å². The topological polar surface area (TPSA) is 96.3 Å². The number of ether oxygens (including phenoxy) is 1. The van der Waals surface area contributed by atoms with Crippen LogP contribution in [0, 0.1) is 18.3 Å². The predicted molar refractivity (Wildman–Crippen MR) is 110 cm³/mol. The number of nitrogens with one attached hydrogen (secondary N) is 1. The van der Waals surface area contributed by atoms with Gasteiger partial charge in [0.25, 0.3) is 0 Å². The van der Waals surface area contributed by atoms with E-state index in [9.17, 15) is 19.6 Å². The molecule has 0 saturated carbocycles. The van der Waals surface area contributed by atoms with Gasteiger partial charge in [0.2, 0.25) is 5.91 Å². The third-order valence-electron chi connectivity index (χ3n) is 4.03. The summed E-state index contributed by atoms with van der Waals surface area (Å²) in [5.74, 6) is -1.35. The second kappa shape index (κ2) is 10.6. The summed E-state index contributed by atoms with van der Waals surface area (Å²) in [6.45, 7) is 3.37. The molecule has 0 heterocycles. The molecule has 6 heteroatoms. The SMILES string of the molecule is CCCC(=O)Nc1ccc(C(=O)COC(=O)/C(C#N)=C/c2ccc(C)cc2)cc1. The predicted octanol–water partition coefficient (Wildman–Crippen LogP) is 4.07. The number of amides is 1. The molecular formula is C23H22N2O4. The number of esters is 1. The Hall–Kier alpha value is -3.72. The summed E-state index contributed by atoms with van der Waals surface area (Å²) < 4.78 is 4.98. The first-order valence-corrected chi connectivity index (χ1v) is 9.21. The standard InChI is InChI=1S/C23H22N2O4/c1-3-4-22(27)25-20-11-9-18(10-12-20)21(26)15-29-23(28)19(14-24)13-17-7-5-16(2)6-8-17/h5-13H,3-4,15H2,1-2H3,(H,25,27)/b19-13+. The highest BCUT2D eigenvalue weighted by Crippen LogP contribution is 2.12. The average Bonchev–Trinajstić information content (AvgIpc) is 2.72. The number of hydrogen-bond acceptors (Lipinski definition) is 5. The van der Waals surface area contributed by atoms with E-state index in [1.165, 1.54) is 6.08 Å². The van der Waals surface area contributed by atoms with Crippen LogP contribution in [0.2, 0.25) is 0 Å². The maximum atomic E-state index is 12.2. The summed E-state index contributed by atoms with van der Waals surface area (Å²) in [6, 6.07) is 15.4. The summed E-state index contributed by atoms with van der Waals surface area (Å²) >= 11 is 0. The van der Waals surface area contributed by atoms with Gasteiger partial charge in [-0.1, -0.05) is 36.8 Å². The van der Waals surface area contributed by atoms with Crippen molar-refractivity contribution in [2.75, 3.05) is 11.9 Å². The lowest BCUT2D eigenvalue weighted by molar-refractivity contribution is -0.137. The Bertz CT molecular complexity index is 952.